The van der Waals surface area contributed by atoms with Crippen LogP contribution in [0.2, 0.25) is 0 Å². The Hall–Kier alpha value is -0.770. The highest BCUT2D eigenvalue weighted by atomic mass is 16.5. The van der Waals surface area contributed by atoms with Crippen molar-refractivity contribution in [3.8, 4) is 0 Å². The molecule has 16 heavy (non-hydrogen) atoms. The summed E-state index contributed by atoms with van der Waals surface area (Å²) in [7, 11) is 0. The van der Waals surface area contributed by atoms with Crippen molar-refractivity contribution in [2.75, 3.05) is 32.8 Å². The molecule has 0 bridgehead atoms. The number of nitrogens with zero attached hydrogens (tertiary/aromatic N) is 1. The lowest BCUT2D eigenvalue weighted by Crippen LogP contribution is -2.47. The summed E-state index contributed by atoms with van der Waals surface area (Å²) in [6.07, 6.45) is 6.59. The van der Waals surface area contributed by atoms with Crippen molar-refractivity contribution in [1.82, 2.24) is 10.2 Å². The zero-order chi connectivity index (χ0) is 11.2. The Bertz CT molecular complexity index is 221. The summed E-state index contributed by atoms with van der Waals surface area (Å²) in [5.74, 6) is 0.707. The summed E-state index contributed by atoms with van der Waals surface area (Å²) < 4.78 is 5.22. The minimum atomic E-state index is 0.0915. The lowest BCUT2D eigenvalue weighted by molar-refractivity contribution is 0.0529. The van der Waals surface area contributed by atoms with Gasteiger partial charge < -0.3 is 15.0 Å². The molecule has 1 aliphatic carbocycles. The molecule has 2 amide bonds. The van der Waals surface area contributed by atoms with Crippen LogP contribution in [0.3, 0.4) is 0 Å². The second-order valence-corrected chi connectivity index (χ2v) is 4.79. The molecule has 1 aliphatic heterocycles. The molecule has 0 atom stereocenters. The lowest BCUT2D eigenvalue weighted by Gasteiger charge is -2.28. The second-order valence-electron chi connectivity index (χ2n) is 4.79. The molecule has 0 aromatic carbocycles. The van der Waals surface area contributed by atoms with Crippen LogP contribution in [-0.4, -0.2) is 43.8 Å². The average molecular weight is 226 g/mol. The Balaban J connectivity index is 1.65. The normalized spacial score (nSPS) is 23.1. The minimum absolute atomic E-state index is 0.0915. The highest BCUT2D eigenvalue weighted by molar-refractivity contribution is 5.74. The quantitative estimate of drug-likeness (QED) is 0.777. The third-order valence-corrected chi connectivity index (χ3v) is 3.57. The monoisotopic (exact) mass is 226 g/mol. The van der Waals surface area contributed by atoms with Crippen LogP contribution in [0.4, 0.5) is 4.79 Å². The molecule has 0 unspecified atom stereocenters. The van der Waals surface area contributed by atoms with Crippen molar-refractivity contribution in [3.63, 3.8) is 0 Å². The van der Waals surface area contributed by atoms with Gasteiger partial charge in [0.1, 0.15) is 0 Å². The smallest absolute Gasteiger partial charge is 0.317 e. The molecule has 1 N–H and O–H groups in total. The maximum Gasteiger partial charge on any atom is 0.317 e. The molecular weight excluding hydrogens is 204 g/mol. The van der Waals surface area contributed by atoms with Crippen LogP contribution in [0, 0.1) is 5.92 Å². The van der Waals surface area contributed by atoms with Crippen LogP contribution >= 0.6 is 0 Å². The fourth-order valence-electron chi connectivity index (χ4n) is 2.50. The number of morpholine rings is 1. The first kappa shape index (κ1) is 11.7. The Morgan fingerprint density at radius 2 is 1.88 bits per heavy atom. The molecule has 2 rings (SSSR count). The second kappa shape index (κ2) is 6.09. The van der Waals surface area contributed by atoms with Crippen LogP contribution in [0.15, 0.2) is 0 Å². The van der Waals surface area contributed by atoms with Gasteiger partial charge in [0.15, 0.2) is 0 Å². The van der Waals surface area contributed by atoms with Crippen molar-refractivity contribution < 1.29 is 9.53 Å². The molecule has 0 aromatic heterocycles. The van der Waals surface area contributed by atoms with E-state index in [0.717, 1.165) is 19.6 Å². The number of urea groups is 1. The summed E-state index contributed by atoms with van der Waals surface area (Å²) in [6, 6.07) is 0.0915. The van der Waals surface area contributed by atoms with E-state index in [1.165, 1.54) is 32.1 Å². The first-order chi connectivity index (χ1) is 7.86. The van der Waals surface area contributed by atoms with E-state index in [0.29, 0.717) is 19.1 Å². The van der Waals surface area contributed by atoms with Gasteiger partial charge in [-0.2, -0.15) is 0 Å². The number of hydrogen-bond acceptors (Lipinski definition) is 2. The predicted molar refractivity (Wildman–Crippen MR) is 62.4 cm³/mol. The van der Waals surface area contributed by atoms with Gasteiger partial charge in [-0.3, -0.25) is 0 Å². The Kier molecular flexibility index (Phi) is 4.45. The molecule has 0 radical (unpaired) electrons. The van der Waals surface area contributed by atoms with Crippen molar-refractivity contribution in [2.45, 2.75) is 32.1 Å². The fraction of sp³-hybridized carbons (Fsp3) is 0.917. The maximum absolute atomic E-state index is 11.8. The molecule has 2 aliphatic rings. The third kappa shape index (κ3) is 3.37. The summed E-state index contributed by atoms with van der Waals surface area (Å²) in [5.41, 5.74) is 0. The van der Waals surface area contributed by atoms with Crippen LogP contribution in [0.5, 0.6) is 0 Å². The van der Waals surface area contributed by atoms with Crippen LogP contribution in [0.25, 0.3) is 0 Å². The largest absolute Gasteiger partial charge is 0.378 e. The number of amides is 2. The van der Waals surface area contributed by atoms with E-state index >= 15 is 0 Å². The molecule has 4 nitrogen and oxygen atoms in total. The number of nitrogens with one attached hydrogen (secondary N) is 1. The van der Waals surface area contributed by atoms with Crippen molar-refractivity contribution in [3.05, 3.63) is 0 Å². The molecule has 92 valence electrons. The molecular formula is C12H22N2O2. The van der Waals surface area contributed by atoms with E-state index in [4.69, 9.17) is 4.74 Å². The number of hydrogen-bond donors (Lipinski definition) is 1. The highest BCUT2D eigenvalue weighted by Crippen LogP contribution is 2.22. The van der Waals surface area contributed by atoms with E-state index in [2.05, 4.69) is 5.32 Å². The van der Waals surface area contributed by atoms with Crippen molar-refractivity contribution in [1.29, 1.82) is 0 Å². The lowest BCUT2D eigenvalue weighted by atomic mass is 9.89. The third-order valence-electron chi connectivity index (χ3n) is 3.57. The van der Waals surface area contributed by atoms with E-state index in [1.54, 1.807) is 0 Å². The first-order valence-corrected chi connectivity index (χ1v) is 6.47. The van der Waals surface area contributed by atoms with Gasteiger partial charge in [-0.1, -0.05) is 19.3 Å². The van der Waals surface area contributed by atoms with Gasteiger partial charge >= 0.3 is 6.03 Å². The van der Waals surface area contributed by atoms with Gasteiger partial charge in [-0.05, 0) is 18.8 Å². The summed E-state index contributed by atoms with van der Waals surface area (Å²) in [6.45, 7) is 3.68. The first-order valence-electron chi connectivity index (χ1n) is 6.47. The molecule has 4 heteroatoms. The Labute approximate surface area is 97.3 Å². The van der Waals surface area contributed by atoms with Gasteiger partial charge in [0, 0.05) is 19.6 Å². The summed E-state index contributed by atoms with van der Waals surface area (Å²) in [4.78, 5) is 13.7. The predicted octanol–water partition coefficient (Wildman–Crippen LogP) is 1.61. The zero-order valence-electron chi connectivity index (χ0n) is 9.91. The molecule has 0 spiro atoms. The van der Waals surface area contributed by atoms with Crippen molar-refractivity contribution in [2.24, 2.45) is 5.92 Å². The van der Waals surface area contributed by atoms with Crippen molar-refractivity contribution >= 4 is 6.03 Å². The van der Waals surface area contributed by atoms with Gasteiger partial charge in [-0.25, -0.2) is 4.79 Å². The fourth-order valence-corrected chi connectivity index (χ4v) is 2.50. The molecule has 1 heterocycles. The van der Waals surface area contributed by atoms with Gasteiger partial charge in [0.25, 0.3) is 0 Å². The maximum atomic E-state index is 11.8. The number of carbonyl (C=O) groups excluding carboxylic acids is 1. The topological polar surface area (TPSA) is 41.6 Å². The Morgan fingerprint density at radius 3 is 2.56 bits per heavy atom. The van der Waals surface area contributed by atoms with Gasteiger partial charge in [-0.15, -0.1) is 0 Å². The number of ether oxygens (including phenoxy) is 1. The molecule has 1 saturated heterocycles. The Morgan fingerprint density at radius 1 is 1.19 bits per heavy atom. The SMILES string of the molecule is O=C(NCC1CCCCC1)N1CCOCC1. The number of carbonyl (C=O) groups is 1. The van der Waals surface area contributed by atoms with E-state index in [9.17, 15) is 4.79 Å². The molecule has 1 saturated carbocycles. The van der Waals surface area contributed by atoms with E-state index in [-0.39, 0.29) is 6.03 Å². The summed E-state index contributed by atoms with van der Waals surface area (Å²) in [5, 5.41) is 3.05. The zero-order valence-corrected chi connectivity index (χ0v) is 9.91. The van der Waals surface area contributed by atoms with E-state index in [1.807, 2.05) is 4.90 Å². The average Bonchev–Trinajstić information content (AvgIpc) is 2.38. The van der Waals surface area contributed by atoms with Crippen LogP contribution in [-0.2, 0) is 4.74 Å². The highest BCUT2D eigenvalue weighted by Gasteiger charge is 2.18. The van der Waals surface area contributed by atoms with Crippen LogP contribution < -0.4 is 5.32 Å². The van der Waals surface area contributed by atoms with Crippen LogP contribution in [0.1, 0.15) is 32.1 Å². The van der Waals surface area contributed by atoms with Gasteiger partial charge in [0.05, 0.1) is 13.2 Å². The van der Waals surface area contributed by atoms with Gasteiger partial charge in [0.2, 0.25) is 0 Å². The number of rotatable bonds is 2. The molecule has 2 fully saturated rings. The summed E-state index contributed by atoms with van der Waals surface area (Å²) >= 11 is 0. The van der Waals surface area contributed by atoms with E-state index < -0.39 is 0 Å². The molecule has 0 aromatic rings. The minimum Gasteiger partial charge on any atom is -0.378 e. The standard InChI is InChI=1S/C12H22N2O2/c15-12(14-6-8-16-9-7-14)13-10-11-4-2-1-3-5-11/h11H,1-10H2,(H,13,15).